The first kappa shape index (κ1) is 15.6. The van der Waals surface area contributed by atoms with Crippen molar-refractivity contribution in [1.29, 1.82) is 0 Å². The smallest absolute Gasteiger partial charge is 0.255 e. The van der Waals surface area contributed by atoms with Gasteiger partial charge in [0.1, 0.15) is 6.04 Å². The number of benzene rings is 1. The molecule has 0 saturated carbocycles. The maximum Gasteiger partial charge on any atom is 0.255 e. The van der Waals surface area contributed by atoms with Gasteiger partial charge in [-0.3, -0.25) is 4.79 Å². The number of oxazole rings is 1. The van der Waals surface area contributed by atoms with E-state index < -0.39 is 0 Å². The minimum Gasteiger partial charge on any atom is -0.440 e. The molecule has 0 fully saturated rings. The monoisotopic (exact) mass is 338 g/mol. The molecule has 1 aliphatic heterocycles. The number of fused-ring (bicyclic) bond motifs is 1. The van der Waals surface area contributed by atoms with Crippen molar-refractivity contribution in [2.24, 2.45) is 5.92 Å². The van der Waals surface area contributed by atoms with Crippen LogP contribution in [-0.4, -0.2) is 25.9 Å². The fourth-order valence-corrected chi connectivity index (χ4v) is 3.24. The molecule has 3 aromatic rings. The van der Waals surface area contributed by atoms with Crippen LogP contribution in [-0.2, 0) is 6.54 Å². The highest BCUT2D eigenvalue weighted by Gasteiger charge is 2.38. The molecule has 25 heavy (non-hydrogen) atoms. The van der Waals surface area contributed by atoms with Crippen LogP contribution in [0, 0.1) is 12.8 Å². The zero-order chi connectivity index (χ0) is 17.6. The average Bonchev–Trinajstić information content (AvgIpc) is 3.29. The van der Waals surface area contributed by atoms with Gasteiger partial charge >= 0.3 is 0 Å². The Labute approximate surface area is 144 Å². The summed E-state index contributed by atoms with van der Waals surface area (Å²) in [5.41, 5.74) is 2.45. The summed E-state index contributed by atoms with van der Waals surface area (Å²) in [5.74, 6) is 1.34. The van der Waals surface area contributed by atoms with Gasteiger partial charge in [-0.2, -0.15) is 4.98 Å². The Morgan fingerprint density at radius 3 is 2.72 bits per heavy atom. The summed E-state index contributed by atoms with van der Waals surface area (Å²) in [7, 11) is 0. The quantitative estimate of drug-likeness (QED) is 0.725. The summed E-state index contributed by atoms with van der Waals surface area (Å²) in [5, 5.41) is 4.01. The molecular weight excluding hydrogens is 320 g/mol. The number of rotatable bonds is 4. The number of carbonyl (C=O) groups excluding carboxylic acids is 1. The van der Waals surface area contributed by atoms with Gasteiger partial charge < -0.3 is 13.8 Å². The molecule has 0 spiro atoms. The van der Waals surface area contributed by atoms with Crippen LogP contribution in [0.25, 0.3) is 11.6 Å². The topological polar surface area (TPSA) is 85.3 Å². The van der Waals surface area contributed by atoms with E-state index in [4.69, 9.17) is 8.94 Å². The predicted molar refractivity (Wildman–Crippen MR) is 88.4 cm³/mol. The van der Waals surface area contributed by atoms with Crippen LogP contribution in [0.3, 0.4) is 0 Å². The van der Waals surface area contributed by atoms with E-state index >= 15 is 0 Å². The zero-order valence-corrected chi connectivity index (χ0v) is 14.3. The molecule has 4 rings (SSSR count). The highest BCUT2D eigenvalue weighted by molar-refractivity contribution is 5.98. The number of aryl methyl sites for hydroxylation is 1. The van der Waals surface area contributed by atoms with Crippen molar-refractivity contribution >= 4 is 5.91 Å². The molecule has 0 radical (unpaired) electrons. The van der Waals surface area contributed by atoms with Gasteiger partial charge in [-0.15, -0.1) is 0 Å². The maximum atomic E-state index is 12.8. The molecule has 0 aliphatic carbocycles. The molecule has 1 aliphatic rings. The van der Waals surface area contributed by atoms with E-state index in [-0.39, 0.29) is 17.9 Å². The lowest BCUT2D eigenvalue weighted by Crippen LogP contribution is -2.32. The van der Waals surface area contributed by atoms with Crippen molar-refractivity contribution in [3.05, 3.63) is 53.4 Å². The maximum absolute atomic E-state index is 12.8. The largest absolute Gasteiger partial charge is 0.440 e. The lowest BCUT2D eigenvalue weighted by molar-refractivity contribution is 0.0596. The van der Waals surface area contributed by atoms with Crippen LogP contribution in [0.2, 0.25) is 0 Å². The number of hydrogen-bond acceptors (Lipinski definition) is 6. The predicted octanol–water partition coefficient (Wildman–Crippen LogP) is 3.39. The van der Waals surface area contributed by atoms with Crippen molar-refractivity contribution in [3.63, 3.8) is 0 Å². The van der Waals surface area contributed by atoms with E-state index in [1.54, 1.807) is 4.90 Å². The SMILES string of the molecule is Cc1ncoc1-c1noc([C@@H](C(C)C)N2Cc3ccccc3C2=O)n1. The fourth-order valence-electron chi connectivity index (χ4n) is 3.24. The van der Waals surface area contributed by atoms with E-state index in [0.29, 0.717) is 29.7 Å². The highest BCUT2D eigenvalue weighted by Crippen LogP contribution is 2.35. The Kier molecular flexibility index (Phi) is 3.63. The van der Waals surface area contributed by atoms with Gasteiger partial charge in [0, 0.05) is 12.1 Å². The van der Waals surface area contributed by atoms with E-state index in [2.05, 4.69) is 15.1 Å². The first-order chi connectivity index (χ1) is 12.1. The molecular formula is C18H18N4O3. The summed E-state index contributed by atoms with van der Waals surface area (Å²) >= 11 is 0. The Hall–Kier alpha value is -2.96. The van der Waals surface area contributed by atoms with E-state index in [1.807, 2.05) is 45.0 Å². The number of nitrogens with zero attached hydrogens (tertiary/aromatic N) is 4. The van der Waals surface area contributed by atoms with Gasteiger partial charge in [0.2, 0.25) is 11.7 Å². The van der Waals surface area contributed by atoms with E-state index in [0.717, 1.165) is 11.1 Å². The zero-order valence-electron chi connectivity index (χ0n) is 14.3. The summed E-state index contributed by atoms with van der Waals surface area (Å²) in [6.07, 6.45) is 1.35. The summed E-state index contributed by atoms with van der Waals surface area (Å²) in [4.78, 5) is 23.1. The minimum atomic E-state index is -0.302. The Morgan fingerprint density at radius 2 is 2.04 bits per heavy atom. The third-order valence-electron chi connectivity index (χ3n) is 4.46. The molecule has 0 N–H and O–H groups in total. The van der Waals surface area contributed by atoms with Crippen molar-refractivity contribution < 1.29 is 13.7 Å². The molecule has 2 aromatic heterocycles. The molecule has 7 heteroatoms. The second-order valence-electron chi connectivity index (χ2n) is 6.50. The van der Waals surface area contributed by atoms with Gasteiger partial charge in [-0.25, -0.2) is 4.98 Å². The lowest BCUT2D eigenvalue weighted by atomic mass is 10.0. The number of carbonyl (C=O) groups is 1. The molecule has 0 unspecified atom stereocenters. The Balaban J connectivity index is 1.69. The normalized spacial score (nSPS) is 15.0. The number of aromatic nitrogens is 3. The summed E-state index contributed by atoms with van der Waals surface area (Å²) in [6, 6.07) is 7.34. The first-order valence-corrected chi connectivity index (χ1v) is 8.19. The van der Waals surface area contributed by atoms with Gasteiger partial charge in [-0.05, 0) is 24.5 Å². The molecule has 7 nitrogen and oxygen atoms in total. The Morgan fingerprint density at radius 1 is 1.24 bits per heavy atom. The van der Waals surface area contributed by atoms with E-state index in [9.17, 15) is 4.79 Å². The highest BCUT2D eigenvalue weighted by atomic mass is 16.5. The van der Waals surface area contributed by atoms with Crippen LogP contribution >= 0.6 is 0 Å². The Bertz CT molecular complexity index is 928. The van der Waals surface area contributed by atoms with Gasteiger partial charge in [0.25, 0.3) is 5.91 Å². The fraction of sp³-hybridized carbons (Fsp3) is 0.333. The standard InChI is InChI=1S/C18H18N4O3/c1-10(2)14(22-8-12-6-4-5-7-13(12)18(22)23)17-20-16(21-25-17)15-11(3)19-9-24-15/h4-7,9-10,14H,8H2,1-3H3/t14-/m1/s1. The van der Waals surface area contributed by atoms with E-state index in [1.165, 1.54) is 6.39 Å². The van der Waals surface area contributed by atoms with Crippen LogP contribution in [0.15, 0.2) is 39.6 Å². The average molecular weight is 338 g/mol. The third-order valence-corrected chi connectivity index (χ3v) is 4.46. The van der Waals surface area contributed by atoms with Crippen molar-refractivity contribution in [2.75, 3.05) is 0 Å². The van der Waals surface area contributed by atoms with Gasteiger partial charge in [-0.1, -0.05) is 37.2 Å². The van der Waals surface area contributed by atoms with Gasteiger partial charge in [0.15, 0.2) is 12.2 Å². The second kappa shape index (κ2) is 5.84. The van der Waals surface area contributed by atoms with Gasteiger partial charge in [0.05, 0.1) is 5.69 Å². The van der Waals surface area contributed by atoms with Crippen molar-refractivity contribution in [3.8, 4) is 11.6 Å². The molecule has 128 valence electrons. The third kappa shape index (κ3) is 2.52. The molecule has 0 bridgehead atoms. The van der Waals surface area contributed by atoms with Crippen molar-refractivity contribution in [1.82, 2.24) is 20.0 Å². The van der Waals surface area contributed by atoms with Crippen LogP contribution < -0.4 is 0 Å². The minimum absolute atomic E-state index is 0.00936. The second-order valence-corrected chi connectivity index (χ2v) is 6.50. The summed E-state index contributed by atoms with van der Waals surface area (Å²) in [6.45, 7) is 6.42. The molecule has 1 amide bonds. The van der Waals surface area contributed by atoms with Crippen LogP contribution in [0.4, 0.5) is 0 Å². The lowest BCUT2D eigenvalue weighted by Gasteiger charge is -2.27. The molecule has 0 saturated heterocycles. The molecule has 1 aromatic carbocycles. The summed E-state index contributed by atoms with van der Waals surface area (Å²) < 4.78 is 10.8. The number of hydrogen-bond donors (Lipinski definition) is 0. The van der Waals surface area contributed by atoms with Crippen molar-refractivity contribution in [2.45, 2.75) is 33.4 Å². The van der Waals surface area contributed by atoms with Crippen LogP contribution in [0.5, 0.6) is 0 Å². The van der Waals surface area contributed by atoms with Crippen LogP contribution in [0.1, 0.15) is 47.4 Å². The number of amides is 1. The first-order valence-electron chi connectivity index (χ1n) is 8.19. The molecule has 3 heterocycles. The molecule has 1 atom stereocenters.